The van der Waals surface area contributed by atoms with E-state index < -0.39 is 24.0 Å². The van der Waals surface area contributed by atoms with Gasteiger partial charge in [-0.3, -0.25) is 14.4 Å². The van der Waals surface area contributed by atoms with Crippen molar-refractivity contribution in [1.29, 1.82) is 0 Å². The largest absolute Gasteiger partial charge is 0.425 e. The van der Waals surface area contributed by atoms with Crippen LogP contribution in [0.2, 0.25) is 0 Å². The first-order chi connectivity index (χ1) is 13.3. The van der Waals surface area contributed by atoms with E-state index in [1.54, 1.807) is 23.9 Å². The van der Waals surface area contributed by atoms with Crippen LogP contribution in [-0.2, 0) is 14.4 Å². The first kappa shape index (κ1) is 23.7. The summed E-state index contributed by atoms with van der Waals surface area (Å²) in [7, 11) is 0. The van der Waals surface area contributed by atoms with E-state index in [1.165, 1.54) is 19.1 Å². The fourth-order valence-corrected chi connectivity index (χ4v) is 2.98. The summed E-state index contributed by atoms with van der Waals surface area (Å²) in [6, 6.07) is 4.68. The molecule has 28 heavy (non-hydrogen) atoms. The predicted molar refractivity (Wildman–Crippen MR) is 114 cm³/mol. The number of hydrogen-bond donors (Lipinski definition) is 2. The van der Waals surface area contributed by atoms with Crippen molar-refractivity contribution in [3.8, 4) is 5.75 Å². The molecule has 1 aromatic carbocycles. The Morgan fingerprint density at radius 2 is 1.82 bits per heavy atom. The second kappa shape index (κ2) is 12.2. The van der Waals surface area contributed by atoms with Crippen LogP contribution in [-0.4, -0.2) is 48.2 Å². The molecule has 1 rings (SSSR count). The number of hydrogen-bond acceptors (Lipinski definition) is 6. The Balaban J connectivity index is 0. The standard InChI is InChI=1S/C20H28N2O5S.2H2/c1-13(2)11-18(22-19(25)17(21-12-23)9-10-28-4)20(26)27-16-7-5-15(6-8-16)14(3)24;;/h5-8,12-13,17-18H,9-11H2,1-4H3,(H,21,23)(H,22,25);2*1H/t17-,18-;;/m0../s1. The van der Waals surface area contributed by atoms with Crippen LogP contribution in [0.15, 0.2) is 24.3 Å². The van der Waals surface area contributed by atoms with Crippen molar-refractivity contribution >= 4 is 35.8 Å². The van der Waals surface area contributed by atoms with Crippen molar-refractivity contribution in [3.63, 3.8) is 0 Å². The summed E-state index contributed by atoms with van der Waals surface area (Å²) < 4.78 is 5.37. The van der Waals surface area contributed by atoms with Crippen LogP contribution in [0.1, 0.15) is 46.8 Å². The third-order valence-corrected chi connectivity index (χ3v) is 4.63. The summed E-state index contributed by atoms with van der Waals surface area (Å²) in [6.07, 6.45) is 3.25. The van der Waals surface area contributed by atoms with Gasteiger partial charge in [-0.1, -0.05) is 13.8 Å². The number of carbonyl (C=O) groups is 4. The summed E-state index contributed by atoms with van der Waals surface area (Å²) in [5.74, 6) is 0.0372. The van der Waals surface area contributed by atoms with Crippen molar-refractivity contribution in [2.75, 3.05) is 12.0 Å². The normalized spacial score (nSPS) is 12.8. The SMILES string of the molecule is CSCC[C@H](NC=O)C(=O)N[C@@H](CC(C)C)C(=O)Oc1ccc(C(C)=O)cc1.[HH].[HH]. The Morgan fingerprint density at radius 3 is 2.32 bits per heavy atom. The van der Waals surface area contributed by atoms with E-state index in [4.69, 9.17) is 4.74 Å². The molecule has 158 valence electrons. The average molecular weight is 413 g/mol. The minimum absolute atomic E-state index is 0. The third-order valence-electron chi connectivity index (χ3n) is 3.98. The summed E-state index contributed by atoms with van der Waals surface area (Å²) >= 11 is 1.56. The molecule has 2 N–H and O–H groups in total. The van der Waals surface area contributed by atoms with Crippen molar-refractivity contribution in [2.24, 2.45) is 5.92 Å². The number of amides is 2. The van der Waals surface area contributed by atoms with Gasteiger partial charge in [-0.25, -0.2) is 4.79 Å². The van der Waals surface area contributed by atoms with Gasteiger partial charge in [0.2, 0.25) is 12.3 Å². The van der Waals surface area contributed by atoms with E-state index in [-0.39, 0.29) is 14.6 Å². The van der Waals surface area contributed by atoms with Crippen molar-refractivity contribution in [1.82, 2.24) is 10.6 Å². The van der Waals surface area contributed by atoms with Gasteiger partial charge in [0.05, 0.1) is 0 Å². The van der Waals surface area contributed by atoms with Gasteiger partial charge in [0.25, 0.3) is 0 Å². The Morgan fingerprint density at radius 1 is 1.18 bits per heavy atom. The molecule has 0 spiro atoms. The topological polar surface area (TPSA) is 102 Å². The Hall–Kier alpha value is -2.35. The van der Waals surface area contributed by atoms with Gasteiger partial charge in [-0.05, 0) is 62.0 Å². The summed E-state index contributed by atoms with van der Waals surface area (Å²) in [5, 5.41) is 5.18. The second-order valence-electron chi connectivity index (χ2n) is 6.81. The van der Waals surface area contributed by atoms with Gasteiger partial charge < -0.3 is 15.4 Å². The van der Waals surface area contributed by atoms with E-state index in [1.807, 2.05) is 20.1 Å². The predicted octanol–water partition coefficient (Wildman–Crippen LogP) is 2.69. The molecule has 0 aliphatic rings. The maximum Gasteiger partial charge on any atom is 0.334 e. The molecule has 0 heterocycles. The molecule has 7 nitrogen and oxygen atoms in total. The van der Waals surface area contributed by atoms with E-state index >= 15 is 0 Å². The first-order valence-electron chi connectivity index (χ1n) is 9.10. The molecule has 8 heteroatoms. The highest BCUT2D eigenvalue weighted by molar-refractivity contribution is 7.98. The van der Waals surface area contributed by atoms with E-state index in [0.717, 1.165) is 0 Å². The summed E-state index contributed by atoms with van der Waals surface area (Å²) in [5.41, 5.74) is 0.517. The molecule has 1 aromatic rings. The molecule has 0 saturated carbocycles. The number of nitrogens with one attached hydrogen (secondary N) is 2. The third kappa shape index (κ3) is 8.12. The zero-order chi connectivity index (χ0) is 21.1. The molecular weight excluding hydrogens is 380 g/mol. The van der Waals surface area contributed by atoms with Gasteiger partial charge in [0.15, 0.2) is 5.78 Å². The van der Waals surface area contributed by atoms with Gasteiger partial charge in [0, 0.05) is 8.42 Å². The molecular formula is C20H32N2O5S. The van der Waals surface area contributed by atoms with Crippen LogP contribution in [0, 0.1) is 5.92 Å². The molecule has 0 aliphatic carbocycles. The highest BCUT2D eigenvalue weighted by Crippen LogP contribution is 2.15. The zero-order valence-electron chi connectivity index (χ0n) is 16.7. The van der Waals surface area contributed by atoms with Gasteiger partial charge in [-0.15, -0.1) is 0 Å². The minimum atomic E-state index is -0.842. The maximum absolute atomic E-state index is 12.6. The zero-order valence-corrected chi connectivity index (χ0v) is 17.5. The number of rotatable bonds is 12. The highest BCUT2D eigenvalue weighted by Gasteiger charge is 2.27. The van der Waals surface area contributed by atoms with Crippen molar-refractivity contribution in [3.05, 3.63) is 29.8 Å². The van der Waals surface area contributed by atoms with Crippen LogP contribution in [0.25, 0.3) is 0 Å². The minimum Gasteiger partial charge on any atom is -0.425 e. The van der Waals surface area contributed by atoms with Crippen LogP contribution >= 0.6 is 11.8 Å². The molecule has 0 saturated heterocycles. The molecule has 0 bridgehead atoms. The molecule has 0 unspecified atom stereocenters. The number of thioether (sulfide) groups is 1. The molecule has 0 radical (unpaired) electrons. The maximum atomic E-state index is 12.6. The molecule has 0 aliphatic heterocycles. The Labute approximate surface area is 172 Å². The smallest absolute Gasteiger partial charge is 0.334 e. The number of carbonyl (C=O) groups excluding carboxylic acids is 4. The number of Topliss-reactive ketones (excluding diaryl/α,β-unsaturated/α-hetero) is 1. The number of esters is 1. The van der Waals surface area contributed by atoms with Crippen molar-refractivity contribution < 1.29 is 26.8 Å². The van der Waals surface area contributed by atoms with E-state index in [2.05, 4.69) is 10.6 Å². The molecule has 2 amide bonds. The molecule has 0 fully saturated rings. The highest BCUT2D eigenvalue weighted by atomic mass is 32.2. The molecule has 2 atom stereocenters. The van der Waals surface area contributed by atoms with Crippen molar-refractivity contribution in [2.45, 2.75) is 45.7 Å². The number of ketones is 1. The quantitative estimate of drug-likeness (QED) is 0.237. The van der Waals surface area contributed by atoms with Crippen LogP contribution in [0.4, 0.5) is 0 Å². The fourth-order valence-electron chi connectivity index (χ4n) is 2.51. The van der Waals surface area contributed by atoms with Gasteiger partial charge >= 0.3 is 5.97 Å². The lowest BCUT2D eigenvalue weighted by atomic mass is 10.0. The van der Waals surface area contributed by atoms with E-state index in [0.29, 0.717) is 36.3 Å². The first-order valence-corrected chi connectivity index (χ1v) is 10.5. The van der Waals surface area contributed by atoms with Gasteiger partial charge in [-0.2, -0.15) is 11.8 Å². The fraction of sp³-hybridized carbons (Fsp3) is 0.500. The number of ether oxygens (including phenoxy) is 1. The van der Waals surface area contributed by atoms with Gasteiger partial charge in [0.1, 0.15) is 17.8 Å². The van der Waals surface area contributed by atoms with Crippen LogP contribution in [0.3, 0.4) is 0 Å². The van der Waals surface area contributed by atoms with E-state index in [9.17, 15) is 19.2 Å². The summed E-state index contributed by atoms with van der Waals surface area (Å²) in [4.78, 5) is 47.2. The number of benzene rings is 1. The Bertz CT molecular complexity index is 686. The molecule has 0 aromatic heterocycles. The lowest BCUT2D eigenvalue weighted by Gasteiger charge is -2.22. The average Bonchev–Trinajstić information content (AvgIpc) is 2.64. The monoisotopic (exact) mass is 412 g/mol. The Kier molecular flexibility index (Phi) is 10.3. The van der Waals surface area contributed by atoms with Crippen LogP contribution < -0.4 is 15.4 Å². The van der Waals surface area contributed by atoms with Crippen LogP contribution in [0.5, 0.6) is 5.75 Å². The lowest BCUT2D eigenvalue weighted by molar-refractivity contribution is -0.140. The summed E-state index contributed by atoms with van der Waals surface area (Å²) in [6.45, 7) is 5.32. The lowest BCUT2D eigenvalue weighted by Crippen LogP contribution is -2.51. The second-order valence-corrected chi connectivity index (χ2v) is 7.80.